The van der Waals surface area contributed by atoms with Crippen LogP contribution in [0.3, 0.4) is 0 Å². The highest BCUT2D eigenvalue weighted by Gasteiger charge is 2.34. The number of hydrogen-bond donors (Lipinski definition) is 1. The molecule has 0 unspecified atom stereocenters. The van der Waals surface area contributed by atoms with Crippen molar-refractivity contribution in [3.8, 4) is 0 Å². The van der Waals surface area contributed by atoms with Gasteiger partial charge in [-0.1, -0.05) is 77.9 Å². The van der Waals surface area contributed by atoms with Gasteiger partial charge in [0.15, 0.2) is 0 Å². The van der Waals surface area contributed by atoms with Crippen LogP contribution in [0.25, 0.3) is 0 Å². The molecule has 0 aliphatic rings. The maximum Gasteiger partial charge on any atom is 0.264 e. The quantitative estimate of drug-likeness (QED) is 0.235. The molecule has 7 nitrogen and oxygen atoms in total. The highest BCUT2D eigenvalue weighted by Crippen LogP contribution is 2.26. The standard InChI is InChI=1S/C34H36FN3O4S/c1-4-36-34(40)32(22-27-10-6-5-7-11-27)37(23-28-12-8-9-26(3)21-28)33(39)24-38(30-17-15-29(35)16-18-30)43(41,42)31-19-13-25(2)14-20-31/h5-21,32H,4,22-24H2,1-3H3,(H,36,40)/t32-/m1/s1. The Morgan fingerprint density at radius 3 is 2.09 bits per heavy atom. The Bertz CT molecular complexity index is 1640. The summed E-state index contributed by atoms with van der Waals surface area (Å²) in [6, 6.07) is 27.3. The van der Waals surface area contributed by atoms with E-state index in [1.54, 1.807) is 19.1 Å². The highest BCUT2D eigenvalue weighted by atomic mass is 32.2. The number of aryl methyl sites for hydroxylation is 2. The van der Waals surface area contributed by atoms with Crippen LogP contribution in [-0.4, -0.2) is 44.3 Å². The molecule has 0 saturated heterocycles. The summed E-state index contributed by atoms with van der Waals surface area (Å²) in [6.07, 6.45) is 0.228. The molecule has 1 atom stereocenters. The average Bonchev–Trinajstić information content (AvgIpc) is 2.99. The summed E-state index contributed by atoms with van der Waals surface area (Å²) in [5.41, 5.74) is 3.63. The van der Waals surface area contributed by atoms with Crippen molar-refractivity contribution >= 4 is 27.5 Å². The lowest BCUT2D eigenvalue weighted by Crippen LogP contribution is -2.53. The number of benzene rings is 4. The molecule has 9 heteroatoms. The summed E-state index contributed by atoms with van der Waals surface area (Å²) in [7, 11) is -4.24. The zero-order valence-corrected chi connectivity index (χ0v) is 25.4. The van der Waals surface area contributed by atoms with Gasteiger partial charge in [0.1, 0.15) is 18.4 Å². The van der Waals surface area contributed by atoms with Crippen LogP contribution >= 0.6 is 0 Å². The first-order chi connectivity index (χ1) is 20.6. The lowest BCUT2D eigenvalue weighted by molar-refractivity contribution is -0.140. The van der Waals surface area contributed by atoms with Crippen molar-refractivity contribution in [2.75, 3.05) is 17.4 Å². The molecule has 2 amide bonds. The summed E-state index contributed by atoms with van der Waals surface area (Å²) in [6.45, 7) is 5.42. The number of amides is 2. The number of rotatable bonds is 12. The van der Waals surface area contributed by atoms with E-state index in [1.807, 2.05) is 68.4 Å². The number of nitrogens with zero attached hydrogens (tertiary/aromatic N) is 2. The fourth-order valence-corrected chi connectivity index (χ4v) is 6.24. The van der Waals surface area contributed by atoms with E-state index in [2.05, 4.69) is 5.32 Å². The van der Waals surface area contributed by atoms with Crippen molar-refractivity contribution in [2.24, 2.45) is 0 Å². The molecular weight excluding hydrogens is 565 g/mol. The third-order valence-corrected chi connectivity index (χ3v) is 8.85. The number of sulfonamides is 1. The van der Waals surface area contributed by atoms with Gasteiger partial charge in [0, 0.05) is 19.5 Å². The summed E-state index contributed by atoms with van der Waals surface area (Å²) in [5, 5.41) is 2.84. The zero-order chi connectivity index (χ0) is 31.0. The van der Waals surface area contributed by atoms with Crippen LogP contribution in [0.15, 0.2) is 108 Å². The van der Waals surface area contributed by atoms with Crippen LogP contribution < -0.4 is 9.62 Å². The van der Waals surface area contributed by atoms with E-state index < -0.39 is 34.3 Å². The molecular formula is C34H36FN3O4S. The SMILES string of the molecule is CCNC(=O)[C@@H](Cc1ccccc1)N(Cc1cccc(C)c1)C(=O)CN(c1ccc(F)cc1)S(=O)(=O)c1ccc(C)cc1. The number of nitrogens with one attached hydrogen (secondary N) is 1. The zero-order valence-electron chi connectivity index (χ0n) is 24.5. The van der Waals surface area contributed by atoms with Gasteiger partial charge in [-0.3, -0.25) is 13.9 Å². The Kier molecular flexibility index (Phi) is 10.3. The van der Waals surface area contributed by atoms with Crippen LogP contribution in [0.1, 0.15) is 29.2 Å². The van der Waals surface area contributed by atoms with Crippen LogP contribution in [-0.2, 0) is 32.6 Å². The number of anilines is 1. The second kappa shape index (κ2) is 14.1. The van der Waals surface area contributed by atoms with E-state index >= 15 is 0 Å². The molecule has 0 aliphatic heterocycles. The van der Waals surface area contributed by atoms with Gasteiger partial charge in [0.2, 0.25) is 11.8 Å². The molecule has 0 heterocycles. The van der Waals surface area contributed by atoms with Crippen molar-refractivity contribution in [1.82, 2.24) is 10.2 Å². The largest absolute Gasteiger partial charge is 0.355 e. The molecule has 0 fully saturated rings. The van der Waals surface area contributed by atoms with E-state index in [4.69, 9.17) is 0 Å². The Morgan fingerprint density at radius 1 is 0.814 bits per heavy atom. The smallest absolute Gasteiger partial charge is 0.264 e. The summed E-state index contributed by atoms with van der Waals surface area (Å²) in [5.74, 6) is -1.46. The van der Waals surface area contributed by atoms with Crippen molar-refractivity contribution in [1.29, 1.82) is 0 Å². The van der Waals surface area contributed by atoms with E-state index in [0.717, 1.165) is 38.7 Å². The Balaban J connectivity index is 1.79. The lowest BCUT2D eigenvalue weighted by atomic mass is 10.0. The fourth-order valence-electron chi connectivity index (χ4n) is 4.83. The van der Waals surface area contributed by atoms with Gasteiger partial charge in [0.25, 0.3) is 10.0 Å². The van der Waals surface area contributed by atoms with E-state index in [1.165, 1.54) is 29.2 Å². The molecule has 0 aromatic heterocycles. The van der Waals surface area contributed by atoms with Gasteiger partial charge in [-0.2, -0.15) is 0 Å². The van der Waals surface area contributed by atoms with Crippen LogP contribution in [0.2, 0.25) is 0 Å². The maximum atomic E-state index is 14.3. The van der Waals surface area contributed by atoms with Gasteiger partial charge >= 0.3 is 0 Å². The number of halogens is 1. The Labute approximate surface area is 253 Å². The molecule has 0 radical (unpaired) electrons. The minimum Gasteiger partial charge on any atom is -0.355 e. The second-order valence-electron chi connectivity index (χ2n) is 10.4. The Morgan fingerprint density at radius 2 is 1.47 bits per heavy atom. The first-order valence-corrected chi connectivity index (χ1v) is 15.5. The normalized spacial score (nSPS) is 11.9. The molecule has 0 saturated carbocycles. The van der Waals surface area contributed by atoms with Gasteiger partial charge in [0.05, 0.1) is 10.6 Å². The third-order valence-electron chi connectivity index (χ3n) is 7.06. The van der Waals surface area contributed by atoms with Crippen molar-refractivity contribution < 1.29 is 22.4 Å². The molecule has 1 N–H and O–H groups in total. The van der Waals surface area contributed by atoms with Crippen LogP contribution in [0.5, 0.6) is 0 Å². The number of carbonyl (C=O) groups is 2. The summed E-state index contributed by atoms with van der Waals surface area (Å²) < 4.78 is 42.8. The highest BCUT2D eigenvalue weighted by molar-refractivity contribution is 7.92. The molecule has 224 valence electrons. The van der Waals surface area contributed by atoms with E-state index in [0.29, 0.717) is 6.54 Å². The van der Waals surface area contributed by atoms with Crippen LogP contribution in [0.4, 0.5) is 10.1 Å². The molecule has 0 spiro atoms. The van der Waals surface area contributed by atoms with Gasteiger partial charge < -0.3 is 10.2 Å². The minimum atomic E-state index is -4.24. The fraction of sp³-hybridized carbons (Fsp3) is 0.235. The predicted molar refractivity (Wildman–Crippen MR) is 166 cm³/mol. The Hall–Kier alpha value is -4.50. The van der Waals surface area contributed by atoms with Gasteiger partial charge in [-0.25, -0.2) is 12.8 Å². The third kappa shape index (κ3) is 8.08. The summed E-state index contributed by atoms with van der Waals surface area (Å²) in [4.78, 5) is 29.3. The molecule has 4 aromatic carbocycles. The molecule has 0 bridgehead atoms. The average molecular weight is 602 g/mol. The lowest BCUT2D eigenvalue weighted by Gasteiger charge is -2.34. The van der Waals surface area contributed by atoms with Gasteiger partial charge in [-0.05, 0) is 68.3 Å². The number of likely N-dealkylation sites (N-methyl/N-ethyl adjacent to an activating group) is 1. The van der Waals surface area contributed by atoms with Crippen molar-refractivity contribution in [3.63, 3.8) is 0 Å². The predicted octanol–water partition coefficient (Wildman–Crippen LogP) is 5.41. The number of hydrogen-bond acceptors (Lipinski definition) is 4. The monoisotopic (exact) mass is 601 g/mol. The van der Waals surface area contributed by atoms with Crippen molar-refractivity contribution in [2.45, 2.75) is 44.7 Å². The second-order valence-corrected chi connectivity index (χ2v) is 12.3. The molecule has 4 rings (SSSR count). The maximum absolute atomic E-state index is 14.3. The topological polar surface area (TPSA) is 86.8 Å². The number of carbonyl (C=O) groups excluding carboxylic acids is 2. The minimum absolute atomic E-state index is 0.00924. The van der Waals surface area contributed by atoms with E-state index in [-0.39, 0.29) is 29.5 Å². The first-order valence-electron chi connectivity index (χ1n) is 14.1. The van der Waals surface area contributed by atoms with E-state index in [9.17, 15) is 22.4 Å². The molecule has 43 heavy (non-hydrogen) atoms. The summed E-state index contributed by atoms with van der Waals surface area (Å²) >= 11 is 0. The van der Waals surface area contributed by atoms with Crippen LogP contribution in [0, 0.1) is 19.7 Å². The molecule has 4 aromatic rings. The van der Waals surface area contributed by atoms with Gasteiger partial charge in [-0.15, -0.1) is 0 Å². The van der Waals surface area contributed by atoms with Crippen molar-refractivity contribution in [3.05, 3.63) is 131 Å². The molecule has 0 aliphatic carbocycles. The first kappa shape index (κ1) is 31.4.